The van der Waals surface area contributed by atoms with E-state index in [0.29, 0.717) is 26.2 Å². The number of anilines is 1. The number of nitrogens with zero attached hydrogens (tertiary/aromatic N) is 3. The quantitative estimate of drug-likeness (QED) is 0.581. The van der Waals surface area contributed by atoms with Gasteiger partial charge in [-0.1, -0.05) is 72.8 Å². The lowest BCUT2D eigenvalue weighted by molar-refractivity contribution is -0.152. The van der Waals surface area contributed by atoms with Crippen LogP contribution >= 0.6 is 0 Å². The monoisotopic (exact) mass is 427 g/mol. The van der Waals surface area contributed by atoms with E-state index in [1.165, 1.54) is 11.3 Å². The van der Waals surface area contributed by atoms with Crippen LogP contribution in [0.4, 0.5) is 5.69 Å². The van der Waals surface area contributed by atoms with Gasteiger partial charge in [0.25, 0.3) is 0 Å². The molecule has 0 atom stereocenters. The summed E-state index contributed by atoms with van der Waals surface area (Å²) in [5.74, 6) is -0.859. The van der Waals surface area contributed by atoms with Crippen molar-refractivity contribution in [1.29, 1.82) is 0 Å². The van der Waals surface area contributed by atoms with Crippen LogP contribution in [0.25, 0.3) is 0 Å². The fraction of sp³-hybridized carbons (Fsp3) is 0.259. The highest BCUT2D eigenvalue weighted by molar-refractivity contribution is 6.34. The van der Waals surface area contributed by atoms with Crippen molar-refractivity contribution in [1.82, 2.24) is 9.80 Å². The molecule has 0 aromatic heterocycles. The number of amides is 2. The number of carbonyl (C=O) groups is 2. The Balaban J connectivity index is 1.43. The zero-order valence-electron chi connectivity index (χ0n) is 18.5. The van der Waals surface area contributed by atoms with Crippen molar-refractivity contribution < 1.29 is 9.59 Å². The number of hydrogen-bond donors (Lipinski definition) is 0. The van der Waals surface area contributed by atoms with Gasteiger partial charge in [-0.3, -0.25) is 9.59 Å². The Bertz CT molecular complexity index is 1000. The molecule has 0 saturated carbocycles. The van der Waals surface area contributed by atoms with Gasteiger partial charge >= 0.3 is 11.8 Å². The lowest BCUT2D eigenvalue weighted by atomic mass is 10.1. The molecule has 0 spiro atoms. The molecule has 1 heterocycles. The van der Waals surface area contributed by atoms with Crippen molar-refractivity contribution in [2.75, 3.05) is 31.1 Å². The van der Waals surface area contributed by atoms with Gasteiger partial charge in [-0.25, -0.2) is 0 Å². The first-order chi connectivity index (χ1) is 15.6. The molecule has 1 saturated heterocycles. The number of carbonyl (C=O) groups excluding carboxylic acids is 2. The lowest BCUT2D eigenvalue weighted by Crippen LogP contribution is -2.53. The molecule has 0 radical (unpaired) electrons. The molecule has 1 aliphatic heterocycles. The molecule has 1 aliphatic rings. The van der Waals surface area contributed by atoms with Crippen molar-refractivity contribution >= 4 is 17.5 Å². The second kappa shape index (κ2) is 10.1. The van der Waals surface area contributed by atoms with Crippen LogP contribution in [0.3, 0.4) is 0 Å². The number of rotatable bonds is 5. The van der Waals surface area contributed by atoms with Crippen LogP contribution in [0.5, 0.6) is 0 Å². The van der Waals surface area contributed by atoms with Gasteiger partial charge in [-0.2, -0.15) is 0 Å². The maximum absolute atomic E-state index is 13.3. The van der Waals surface area contributed by atoms with E-state index in [1.807, 2.05) is 60.7 Å². The van der Waals surface area contributed by atoms with Crippen LogP contribution in [0.2, 0.25) is 0 Å². The Hall–Kier alpha value is -3.60. The van der Waals surface area contributed by atoms with Crippen molar-refractivity contribution in [2.45, 2.75) is 20.0 Å². The predicted molar refractivity (Wildman–Crippen MR) is 127 cm³/mol. The Kier molecular flexibility index (Phi) is 6.85. The zero-order valence-corrected chi connectivity index (χ0v) is 18.5. The van der Waals surface area contributed by atoms with Crippen LogP contribution in [0.15, 0.2) is 84.9 Å². The summed E-state index contributed by atoms with van der Waals surface area (Å²) in [6.45, 7) is 5.43. The van der Waals surface area contributed by atoms with E-state index in [0.717, 1.165) is 24.2 Å². The summed E-state index contributed by atoms with van der Waals surface area (Å²) in [4.78, 5) is 32.0. The number of aryl methyl sites for hydroxylation is 1. The molecule has 0 aliphatic carbocycles. The third kappa shape index (κ3) is 5.35. The molecule has 5 nitrogen and oxygen atoms in total. The minimum atomic E-state index is -0.443. The average molecular weight is 428 g/mol. The first kappa shape index (κ1) is 21.6. The maximum atomic E-state index is 13.3. The highest BCUT2D eigenvalue weighted by Crippen LogP contribution is 2.18. The van der Waals surface area contributed by atoms with Gasteiger partial charge < -0.3 is 14.7 Å². The molecule has 0 N–H and O–H groups in total. The van der Waals surface area contributed by atoms with E-state index < -0.39 is 11.8 Å². The van der Waals surface area contributed by atoms with E-state index >= 15 is 0 Å². The smallest absolute Gasteiger partial charge is 0.312 e. The van der Waals surface area contributed by atoms with Gasteiger partial charge in [-0.15, -0.1) is 0 Å². The topological polar surface area (TPSA) is 43.9 Å². The Morgan fingerprint density at radius 3 is 1.84 bits per heavy atom. The fourth-order valence-electron chi connectivity index (χ4n) is 4.07. The van der Waals surface area contributed by atoms with Crippen LogP contribution in [0.1, 0.15) is 16.7 Å². The molecule has 5 heteroatoms. The van der Waals surface area contributed by atoms with E-state index in [4.69, 9.17) is 0 Å². The minimum absolute atomic E-state index is 0.406. The standard InChI is InChI=1S/C27H29N3O2/c1-22-9-8-14-25(19-22)28-15-17-29(18-16-28)26(31)27(32)30(20-23-10-4-2-5-11-23)21-24-12-6-3-7-13-24/h2-14,19H,15-18,20-21H2,1H3. The van der Waals surface area contributed by atoms with E-state index in [1.54, 1.807) is 9.80 Å². The summed E-state index contributed by atoms with van der Waals surface area (Å²) in [6, 6.07) is 28.0. The Labute approximate surface area is 189 Å². The normalized spacial score (nSPS) is 13.7. The SMILES string of the molecule is Cc1cccc(N2CCN(C(=O)C(=O)N(Cc3ccccc3)Cc3ccccc3)CC2)c1. The zero-order chi connectivity index (χ0) is 22.3. The van der Waals surface area contributed by atoms with Gasteiger partial charge in [0.15, 0.2) is 0 Å². The van der Waals surface area contributed by atoms with Crippen LogP contribution in [-0.4, -0.2) is 47.8 Å². The summed E-state index contributed by atoms with van der Waals surface area (Å²) in [5.41, 5.74) is 4.40. The maximum Gasteiger partial charge on any atom is 0.312 e. The summed E-state index contributed by atoms with van der Waals surface area (Å²) in [7, 11) is 0. The third-order valence-corrected chi connectivity index (χ3v) is 5.84. The molecule has 2 amide bonds. The lowest BCUT2D eigenvalue weighted by Gasteiger charge is -2.36. The first-order valence-corrected chi connectivity index (χ1v) is 11.1. The van der Waals surface area contributed by atoms with E-state index in [9.17, 15) is 9.59 Å². The fourth-order valence-corrected chi connectivity index (χ4v) is 4.07. The summed E-state index contributed by atoms with van der Waals surface area (Å²) in [6.07, 6.45) is 0. The molecule has 3 aromatic rings. The molecule has 164 valence electrons. The predicted octanol–water partition coefficient (Wildman–Crippen LogP) is 3.87. The van der Waals surface area contributed by atoms with Gasteiger partial charge in [0, 0.05) is 45.0 Å². The molecule has 32 heavy (non-hydrogen) atoms. The van der Waals surface area contributed by atoms with Crippen molar-refractivity contribution in [2.24, 2.45) is 0 Å². The van der Waals surface area contributed by atoms with Gasteiger partial charge in [0.1, 0.15) is 0 Å². The van der Waals surface area contributed by atoms with Crippen molar-refractivity contribution in [3.05, 3.63) is 102 Å². The molecular formula is C27H29N3O2. The molecule has 3 aromatic carbocycles. The molecule has 0 bridgehead atoms. The van der Waals surface area contributed by atoms with Crippen molar-refractivity contribution in [3.8, 4) is 0 Å². The summed E-state index contributed by atoms with van der Waals surface area (Å²) in [5, 5.41) is 0. The first-order valence-electron chi connectivity index (χ1n) is 11.1. The highest BCUT2D eigenvalue weighted by Gasteiger charge is 2.30. The molecule has 0 unspecified atom stereocenters. The summed E-state index contributed by atoms with van der Waals surface area (Å²) < 4.78 is 0. The van der Waals surface area contributed by atoms with Gasteiger partial charge in [0.05, 0.1) is 0 Å². The summed E-state index contributed by atoms with van der Waals surface area (Å²) >= 11 is 0. The molecular weight excluding hydrogens is 398 g/mol. The van der Waals surface area contributed by atoms with Crippen LogP contribution < -0.4 is 4.90 Å². The van der Waals surface area contributed by atoms with Gasteiger partial charge in [0.2, 0.25) is 0 Å². The largest absolute Gasteiger partial charge is 0.368 e. The Morgan fingerprint density at radius 1 is 0.750 bits per heavy atom. The van der Waals surface area contributed by atoms with Gasteiger partial charge in [-0.05, 0) is 35.7 Å². The third-order valence-electron chi connectivity index (χ3n) is 5.84. The minimum Gasteiger partial charge on any atom is -0.368 e. The molecule has 1 fully saturated rings. The van der Waals surface area contributed by atoms with E-state index in [2.05, 4.69) is 36.1 Å². The average Bonchev–Trinajstić information content (AvgIpc) is 2.84. The van der Waals surface area contributed by atoms with Crippen LogP contribution in [-0.2, 0) is 22.7 Å². The van der Waals surface area contributed by atoms with Crippen LogP contribution in [0, 0.1) is 6.92 Å². The van der Waals surface area contributed by atoms with Crippen molar-refractivity contribution in [3.63, 3.8) is 0 Å². The number of hydrogen-bond acceptors (Lipinski definition) is 3. The molecule has 4 rings (SSSR count). The highest BCUT2D eigenvalue weighted by atomic mass is 16.2. The Morgan fingerprint density at radius 2 is 1.31 bits per heavy atom. The second-order valence-corrected chi connectivity index (χ2v) is 8.25. The second-order valence-electron chi connectivity index (χ2n) is 8.25. The van der Waals surface area contributed by atoms with E-state index in [-0.39, 0.29) is 0 Å². The number of piperazine rings is 1. The number of benzene rings is 3.